The topological polar surface area (TPSA) is 128 Å². The number of hydrogen-bond donors (Lipinski definition) is 2. The molecule has 0 bridgehead atoms. The van der Waals surface area contributed by atoms with Crippen LogP contribution in [0, 0.1) is 0 Å². The summed E-state index contributed by atoms with van der Waals surface area (Å²) in [4.78, 5) is 50.8. The van der Waals surface area contributed by atoms with Crippen molar-refractivity contribution >= 4 is 41.3 Å². The highest BCUT2D eigenvalue weighted by molar-refractivity contribution is 7.99. The molecule has 9 nitrogen and oxygen atoms in total. The van der Waals surface area contributed by atoms with Crippen LogP contribution in [-0.2, 0) is 14.3 Å². The molecule has 1 aliphatic rings. The van der Waals surface area contributed by atoms with Crippen molar-refractivity contribution in [1.29, 1.82) is 0 Å². The standard InChI is InChI=1S/C24H27N3O6S/c1-24(2,3)33-22(31)18-14-34-20(15-8-5-4-6-9-15)27(18)19(28)13-25-23(32)26-17-11-7-10-16(12-17)21(29)30/h4-12,18,20H,13-14H2,1-3H3,(H,29,30)(H2,25,26,32)/p-1. The molecule has 2 N–H and O–H groups in total. The summed E-state index contributed by atoms with van der Waals surface area (Å²) in [5.74, 6) is -1.96. The summed E-state index contributed by atoms with van der Waals surface area (Å²) in [5.41, 5.74) is 0.293. The SMILES string of the molecule is CC(C)(C)OC(=O)C1CSC(c2ccccc2)N1C(=O)CNC(=O)Nc1cccc(C(=O)[O-])c1. The number of carbonyl (C=O) groups is 4. The van der Waals surface area contributed by atoms with Gasteiger partial charge in [-0.05, 0) is 44.0 Å². The summed E-state index contributed by atoms with van der Waals surface area (Å²) in [5, 5.41) is 15.5. The van der Waals surface area contributed by atoms with Crippen molar-refractivity contribution in [2.24, 2.45) is 0 Å². The lowest BCUT2D eigenvalue weighted by atomic mass is 10.1. The average Bonchev–Trinajstić information content (AvgIpc) is 3.23. The first kappa shape index (κ1) is 25.1. The predicted molar refractivity (Wildman–Crippen MR) is 126 cm³/mol. The van der Waals surface area contributed by atoms with Crippen LogP contribution < -0.4 is 15.7 Å². The number of carboxylic acids is 1. The van der Waals surface area contributed by atoms with Gasteiger partial charge in [0.25, 0.3) is 0 Å². The molecule has 2 unspecified atom stereocenters. The molecule has 1 saturated heterocycles. The molecular formula is C24H26N3O6S-. The van der Waals surface area contributed by atoms with Crippen LogP contribution in [0.3, 0.4) is 0 Å². The van der Waals surface area contributed by atoms with Gasteiger partial charge in [0.2, 0.25) is 5.91 Å². The smallest absolute Gasteiger partial charge is 0.330 e. The Morgan fingerprint density at radius 1 is 1.09 bits per heavy atom. The number of ether oxygens (including phenoxy) is 1. The Bertz CT molecular complexity index is 1070. The maximum atomic E-state index is 13.2. The first-order valence-electron chi connectivity index (χ1n) is 10.6. The number of rotatable bonds is 6. The van der Waals surface area contributed by atoms with E-state index in [1.165, 1.54) is 40.9 Å². The molecule has 3 rings (SSSR count). The van der Waals surface area contributed by atoms with Gasteiger partial charge in [0.1, 0.15) is 17.0 Å². The quantitative estimate of drug-likeness (QED) is 0.601. The molecule has 3 amide bonds. The number of hydrogen-bond acceptors (Lipinski definition) is 7. The number of anilines is 1. The van der Waals surface area contributed by atoms with Gasteiger partial charge in [-0.1, -0.05) is 42.5 Å². The fourth-order valence-corrected chi connectivity index (χ4v) is 4.82. The number of benzene rings is 2. The van der Waals surface area contributed by atoms with E-state index in [2.05, 4.69) is 10.6 Å². The molecule has 0 aliphatic carbocycles. The summed E-state index contributed by atoms with van der Waals surface area (Å²) >= 11 is 1.45. The molecule has 180 valence electrons. The van der Waals surface area contributed by atoms with Crippen molar-refractivity contribution in [3.63, 3.8) is 0 Å². The van der Waals surface area contributed by atoms with Gasteiger partial charge in [-0.15, -0.1) is 11.8 Å². The zero-order valence-corrected chi connectivity index (χ0v) is 19.9. The number of nitrogens with zero attached hydrogens (tertiary/aromatic N) is 1. The minimum atomic E-state index is -1.37. The first-order chi connectivity index (χ1) is 16.0. The van der Waals surface area contributed by atoms with E-state index in [9.17, 15) is 24.3 Å². The molecular weight excluding hydrogens is 458 g/mol. The molecule has 10 heteroatoms. The van der Waals surface area contributed by atoms with Crippen molar-refractivity contribution in [2.75, 3.05) is 17.6 Å². The van der Waals surface area contributed by atoms with Gasteiger partial charge < -0.3 is 30.2 Å². The second-order valence-corrected chi connectivity index (χ2v) is 9.74. The van der Waals surface area contributed by atoms with Crippen molar-refractivity contribution in [1.82, 2.24) is 10.2 Å². The van der Waals surface area contributed by atoms with Gasteiger partial charge >= 0.3 is 12.0 Å². The Morgan fingerprint density at radius 2 is 1.79 bits per heavy atom. The lowest BCUT2D eigenvalue weighted by Gasteiger charge is -2.30. The second kappa shape index (κ2) is 10.6. The molecule has 0 saturated carbocycles. The molecule has 1 fully saturated rings. The highest BCUT2D eigenvalue weighted by atomic mass is 32.2. The van der Waals surface area contributed by atoms with Gasteiger partial charge in [-0.2, -0.15) is 0 Å². The minimum Gasteiger partial charge on any atom is -0.545 e. The number of thioether (sulfide) groups is 1. The highest BCUT2D eigenvalue weighted by Crippen LogP contribution is 2.41. The van der Waals surface area contributed by atoms with Crippen LogP contribution in [0.15, 0.2) is 54.6 Å². The van der Waals surface area contributed by atoms with E-state index in [0.29, 0.717) is 5.75 Å². The molecule has 34 heavy (non-hydrogen) atoms. The average molecular weight is 485 g/mol. The van der Waals surface area contributed by atoms with Crippen LogP contribution in [0.25, 0.3) is 0 Å². The van der Waals surface area contributed by atoms with Crippen LogP contribution >= 0.6 is 11.8 Å². The first-order valence-corrected chi connectivity index (χ1v) is 11.7. The summed E-state index contributed by atoms with van der Waals surface area (Å²) in [7, 11) is 0. The van der Waals surface area contributed by atoms with Gasteiger partial charge in [-0.25, -0.2) is 9.59 Å². The van der Waals surface area contributed by atoms with Crippen molar-refractivity contribution in [2.45, 2.75) is 37.8 Å². The van der Waals surface area contributed by atoms with Gasteiger partial charge in [0.15, 0.2) is 0 Å². The largest absolute Gasteiger partial charge is 0.545 e. The Kier molecular flexibility index (Phi) is 7.83. The lowest BCUT2D eigenvalue weighted by molar-refractivity contribution is -0.255. The molecule has 0 radical (unpaired) electrons. The molecule has 0 spiro atoms. The van der Waals surface area contributed by atoms with E-state index in [1.807, 2.05) is 30.3 Å². The number of nitrogens with one attached hydrogen (secondary N) is 2. The summed E-state index contributed by atoms with van der Waals surface area (Å²) in [6, 6.07) is 13.4. The van der Waals surface area contributed by atoms with Crippen LogP contribution in [0.1, 0.15) is 42.1 Å². The number of carboxylic acid groups (broad SMARTS) is 1. The lowest BCUT2D eigenvalue weighted by Crippen LogP contribution is -2.49. The van der Waals surface area contributed by atoms with Gasteiger partial charge in [0, 0.05) is 11.4 Å². The monoisotopic (exact) mass is 484 g/mol. The van der Waals surface area contributed by atoms with E-state index >= 15 is 0 Å². The van der Waals surface area contributed by atoms with Crippen LogP contribution in [-0.4, -0.2) is 52.7 Å². The highest BCUT2D eigenvalue weighted by Gasteiger charge is 2.43. The van der Waals surface area contributed by atoms with E-state index in [1.54, 1.807) is 20.8 Å². The zero-order valence-electron chi connectivity index (χ0n) is 19.1. The molecule has 1 aliphatic heterocycles. The van der Waals surface area contributed by atoms with E-state index < -0.39 is 40.9 Å². The number of esters is 1. The van der Waals surface area contributed by atoms with Crippen LogP contribution in [0.5, 0.6) is 0 Å². The maximum absolute atomic E-state index is 13.2. The fraction of sp³-hybridized carbons (Fsp3) is 0.333. The van der Waals surface area contributed by atoms with E-state index in [-0.39, 0.29) is 17.8 Å². The second-order valence-electron chi connectivity index (χ2n) is 8.62. The Balaban J connectivity index is 1.71. The van der Waals surface area contributed by atoms with E-state index in [0.717, 1.165) is 5.56 Å². The molecule has 2 aromatic rings. The number of aromatic carboxylic acids is 1. The number of urea groups is 1. The summed E-state index contributed by atoms with van der Waals surface area (Å²) in [6.45, 7) is 4.91. The summed E-state index contributed by atoms with van der Waals surface area (Å²) in [6.07, 6.45) is 0. The molecule has 1 heterocycles. The molecule has 0 aromatic heterocycles. The fourth-order valence-electron chi connectivity index (χ4n) is 3.38. The third-order valence-corrected chi connectivity index (χ3v) is 6.13. The van der Waals surface area contributed by atoms with Crippen LogP contribution in [0.4, 0.5) is 10.5 Å². The van der Waals surface area contributed by atoms with Crippen molar-refractivity contribution < 1.29 is 29.0 Å². The molecule has 2 aromatic carbocycles. The van der Waals surface area contributed by atoms with E-state index in [4.69, 9.17) is 4.74 Å². The third kappa shape index (κ3) is 6.50. The predicted octanol–water partition coefficient (Wildman–Crippen LogP) is 2.16. The minimum absolute atomic E-state index is 0.0890. The molecule has 2 atom stereocenters. The Hall–Kier alpha value is -3.53. The van der Waals surface area contributed by atoms with Gasteiger partial charge in [0.05, 0.1) is 12.5 Å². The Labute approximate surface area is 201 Å². The maximum Gasteiger partial charge on any atom is 0.330 e. The number of carbonyl (C=O) groups excluding carboxylic acids is 4. The normalized spacial score (nSPS) is 17.7. The Morgan fingerprint density at radius 3 is 2.44 bits per heavy atom. The third-order valence-electron chi connectivity index (χ3n) is 4.81. The van der Waals surface area contributed by atoms with Gasteiger partial charge in [-0.3, -0.25) is 4.79 Å². The van der Waals surface area contributed by atoms with Crippen molar-refractivity contribution in [3.8, 4) is 0 Å². The van der Waals surface area contributed by atoms with Crippen molar-refractivity contribution in [3.05, 3.63) is 65.7 Å². The zero-order chi connectivity index (χ0) is 24.9. The number of amides is 3. The summed E-state index contributed by atoms with van der Waals surface area (Å²) < 4.78 is 5.52. The van der Waals surface area contributed by atoms with Crippen LogP contribution in [0.2, 0.25) is 0 Å².